The van der Waals surface area contributed by atoms with Crippen LogP contribution in [-0.2, 0) is 10.8 Å². The van der Waals surface area contributed by atoms with Crippen LogP contribution >= 0.6 is 0 Å². The van der Waals surface area contributed by atoms with E-state index in [-0.39, 0.29) is 42.4 Å². The maximum Gasteiger partial charge on any atom is 0.432 e. The fraction of sp³-hybridized carbons (Fsp3) is 0.240. The Bertz CT molecular complexity index is 1330. The Labute approximate surface area is 203 Å². The highest BCUT2D eigenvalue weighted by molar-refractivity contribution is 5.66. The lowest BCUT2D eigenvalue weighted by Crippen LogP contribution is -2.25. The van der Waals surface area contributed by atoms with Crippen molar-refractivity contribution in [3.8, 4) is 22.9 Å². The molecule has 0 saturated carbocycles. The van der Waals surface area contributed by atoms with Crippen molar-refractivity contribution in [2.75, 3.05) is 6.61 Å². The van der Waals surface area contributed by atoms with Gasteiger partial charge in [0.05, 0.1) is 30.3 Å². The molecule has 12 heteroatoms. The molecular weight excluding hydrogens is 517 g/mol. The fourth-order valence-corrected chi connectivity index (χ4v) is 3.96. The van der Waals surface area contributed by atoms with E-state index in [0.29, 0.717) is 12.8 Å². The quantitative estimate of drug-likeness (QED) is 0.254. The van der Waals surface area contributed by atoms with E-state index >= 15 is 0 Å². The molecule has 3 nitrogen and oxygen atoms in total. The van der Waals surface area contributed by atoms with Gasteiger partial charge in [-0.3, -0.25) is 0 Å². The second-order valence-corrected chi connectivity index (χ2v) is 8.22. The van der Waals surface area contributed by atoms with Crippen molar-refractivity contribution in [3.05, 3.63) is 88.2 Å². The molecule has 0 radical (unpaired) electrons. The largest absolute Gasteiger partial charge is 0.432 e. The van der Waals surface area contributed by atoms with E-state index in [1.807, 2.05) is 6.07 Å². The molecule has 0 N–H and O–H groups in total. The zero-order chi connectivity index (χ0) is 27.1. The molecule has 1 aliphatic rings. The summed E-state index contributed by atoms with van der Waals surface area (Å²) in [7, 11) is 0. The minimum Gasteiger partial charge on any atom is -0.429 e. The molecule has 0 amide bonds. The number of halogens is 9. The van der Waals surface area contributed by atoms with Crippen LogP contribution in [0, 0.1) is 58.0 Å². The summed E-state index contributed by atoms with van der Waals surface area (Å²) in [6.45, 7) is 0.0531. The summed E-state index contributed by atoms with van der Waals surface area (Å²) in [4.78, 5) is 0. The SMILES string of the molecule is N#CC1CCC(c2cc(F)c(-c3cc(F)c(C(F)(F)Oc4cc(F)c(F)c(F)c4)c(F)c3)c(F)c2)OC1. The van der Waals surface area contributed by atoms with Gasteiger partial charge in [0.25, 0.3) is 0 Å². The molecule has 2 atom stereocenters. The van der Waals surface area contributed by atoms with E-state index in [4.69, 9.17) is 10.00 Å². The van der Waals surface area contributed by atoms with Crippen LogP contribution in [0.1, 0.15) is 30.1 Å². The normalized spacial score (nSPS) is 17.9. The summed E-state index contributed by atoms with van der Waals surface area (Å²) in [5.41, 5.74) is -3.61. The molecule has 0 bridgehead atoms. The molecule has 1 fully saturated rings. The van der Waals surface area contributed by atoms with E-state index in [9.17, 15) is 39.5 Å². The van der Waals surface area contributed by atoms with Crippen LogP contribution in [0.3, 0.4) is 0 Å². The number of nitrogens with zero attached hydrogens (tertiary/aromatic N) is 1. The van der Waals surface area contributed by atoms with Gasteiger partial charge in [0.2, 0.25) is 0 Å². The summed E-state index contributed by atoms with van der Waals surface area (Å²) < 4.78 is 137. The number of alkyl halides is 2. The standard InChI is InChI=1S/C25H14F9NO2/c26-15-3-12(21-2-1-11(9-35)10-36-21)4-16(27)22(15)13-5-17(28)23(18(29)6-13)25(33,34)37-14-7-19(30)24(32)20(31)8-14/h3-8,11,21H,1-2,10H2. The highest BCUT2D eigenvalue weighted by Gasteiger charge is 2.42. The Morgan fingerprint density at radius 2 is 1.35 bits per heavy atom. The first kappa shape index (κ1) is 26.3. The maximum atomic E-state index is 14.8. The number of hydrogen-bond donors (Lipinski definition) is 0. The third-order valence-corrected chi connectivity index (χ3v) is 5.72. The minimum absolute atomic E-state index is 0.0410. The molecule has 0 aromatic heterocycles. The highest BCUT2D eigenvalue weighted by Crippen LogP contribution is 2.39. The molecular formula is C25H14F9NO2. The Hall–Kier alpha value is -3.72. The molecule has 1 heterocycles. The van der Waals surface area contributed by atoms with Crippen molar-refractivity contribution >= 4 is 0 Å². The predicted octanol–water partition coefficient (Wildman–Crippen LogP) is 7.45. The lowest BCUT2D eigenvalue weighted by Gasteiger charge is -2.26. The number of rotatable bonds is 5. The van der Waals surface area contributed by atoms with Gasteiger partial charge in [0.15, 0.2) is 17.5 Å². The van der Waals surface area contributed by atoms with E-state index in [1.54, 1.807) is 0 Å². The van der Waals surface area contributed by atoms with Crippen LogP contribution in [0.15, 0.2) is 36.4 Å². The monoisotopic (exact) mass is 531 g/mol. The van der Waals surface area contributed by atoms with Gasteiger partial charge < -0.3 is 9.47 Å². The third-order valence-electron chi connectivity index (χ3n) is 5.72. The predicted molar refractivity (Wildman–Crippen MR) is 110 cm³/mol. The third kappa shape index (κ3) is 5.22. The first-order valence-corrected chi connectivity index (χ1v) is 10.6. The van der Waals surface area contributed by atoms with Crippen molar-refractivity contribution in [1.29, 1.82) is 5.26 Å². The molecule has 2 unspecified atom stereocenters. The summed E-state index contributed by atoms with van der Waals surface area (Å²) >= 11 is 0. The average Bonchev–Trinajstić information content (AvgIpc) is 2.81. The van der Waals surface area contributed by atoms with Crippen LogP contribution in [0.25, 0.3) is 11.1 Å². The lowest BCUT2D eigenvalue weighted by molar-refractivity contribution is -0.189. The van der Waals surface area contributed by atoms with Gasteiger partial charge >= 0.3 is 6.11 Å². The summed E-state index contributed by atoms with van der Waals surface area (Å²) in [5.74, 6) is -13.9. The Morgan fingerprint density at radius 3 is 1.84 bits per heavy atom. The second-order valence-electron chi connectivity index (χ2n) is 8.22. The van der Waals surface area contributed by atoms with Gasteiger partial charge in [-0.15, -0.1) is 0 Å². The molecule has 4 rings (SSSR count). The van der Waals surface area contributed by atoms with Crippen LogP contribution in [0.5, 0.6) is 5.75 Å². The van der Waals surface area contributed by atoms with Gasteiger partial charge in [-0.2, -0.15) is 14.0 Å². The first-order valence-electron chi connectivity index (χ1n) is 10.6. The van der Waals surface area contributed by atoms with Gasteiger partial charge in [-0.25, -0.2) is 30.7 Å². The van der Waals surface area contributed by atoms with Crippen molar-refractivity contribution in [1.82, 2.24) is 0 Å². The number of nitriles is 1. The summed E-state index contributed by atoms with van der Waals surface area (Å²) in [5, 5.41) is 8.91. The van der Waals surface area contributed by atoms with Crippen molar-refractivity contribution < 1.29 is 49.0 Å². The van der Waals surface area contributed by atoms with Gasteiger partial charge in [-0.1, -0.05) is 0 Å². The molecule has 1 saturated heterocycles. The molecule has 3 aromatic rings. The molecule has 194 valence electrons. The maximum absolute atomic E-state index is 14.8. The Balaban J connectivity index is 1.65. The minimum atomic E-state index is -4.86. The number of hydrogen-bond acceptors (Lipinski definition) is 3. The molecule has 0 aliphatic carbocycles. The van der Waals surface area contributed by atoms with E-state index < -0.39 is 75.4 Å². The Morgan fingerprint density at radius 1 is 0.784 bits per heavy atom. The molecule has 37 heavy (non-hydrogen) atoms. The number of ether oxygens (including phenoxy) is 2. The fourth-order valence-electron chi connectivity index (χ4n) is 3.96. The van der Waals surface area contributed by atoms with Gasteiger partial charge in [0.1, 0.15) is 34.6 Å². The topological polar surface area (TPSA) is 42.2 Å². The second kappa shape index (κ2) is 9.97. The van der Waals surface area contributed by atoms with E-state index in [2.05, 4.69) is 4.74 Å². The van der Waals surface area contributed by atoms with Crippen molar-refractivity contribution in [3.63, 3.8) is 0 Å². The number of benzene rings is 3. The van der Waals surface area contributed by atoms with E-state index in [0.717, 1.165) is 12.1 Å². The van der Waals surface area contributed by atoms with Crippen LogP contribution < -0.4 is 4.74 Å². The lowest BCUT2D eigenvalue weighted by atomic mass is 9.93. The van der Waals surface area contributed by atoms with Gasteiger partial charge in [-0.05, 0) is 48.2 Å². The van der Waals surface area contributed by atoms with Crippen molar-refractivity contribution in [2.24, 2.45) is 5.92 Å². The van der Waals surface area contributed by atoms with E-state index in [1.165, 1.54) is 0 Å². The van der Waals surface area contributed by atoms with Crippen LogP contribution in [0.2, 0.25) is 0 Å². The zero-order valence-corrected chi connectivity index (χ0v) is 18.4. The average molecular weight is 531 g/mol. The molecule has 3 aromatic carbocycles. The Kier molecular flexibility index (Phi) is 7.10. The van der Waals surface area contributed by atoms with Crippen LogP contribution in [-0.4, -0.2) is 6.61 Å². The zero-order valence-electron chi connectivity index (χ0n) is 18.4. The molecule has 1 aliphatic heterocycles. The smallest absolute Gasteiger partial charge is 0.429 e. The van der Waals surface area contributed by atoms with Gasteiger partial charge in [0, 0.05) is 12.1 Å². The van der Waals surface area contributed by atoms with Crippen LogP contribution in [0.4, 0.5) is 39.5 Å². The highest BCUT2D eigenvalue weighted by atomic mass is 19.3. The molecule has 0 spiro atoms. The first-order chi connectivity index (χ1) is 17.4. The summed E-state index contributed by atoms with van der Waals surface area (Å²) in [6.07, 6.45) is -4.86. The van der Waals surface area contributed by atoms with Crippen molar-refractivity contribution in [2.45, 2.75) is 25.1 Å². The summed E-state index contributed by atoms with van der Waals surface area (Å²) in [6, 6.07) is 4.31.